The Morgan fingerprint density at radius 2 is 1.84 bits per heavy atom. The third kappa shape index (κ3) is 3.13. The van der Waals surface area contributed by atoms with E-state index < -0.39 is 0 Å². The fourth-order valence-corrected chi connectivity index (χ4v) is 4.14. The van der Waals surface area contributed by atoms with Crippen LogP contribution in [0, 0.1) is 5.92 Å². The molecule has 1 saturated carbocycles. The molecule has 1 aliphatic carbocycles. The highest BCUT2D eigenvalue weighted by molar-refractivity contribution is 5.81. The lowest BCUT2D eigenvalue weighted by Crippen LogP contribution is -2.42. The first kappa shape index (κ1) is 13.4. The summed E-state index contributed by atoms with van der Waals surface area (Å²) in [7, 11) is 0. The lowest BCUT2D eigenvalue weighted by atomic mass is 9.84. The predicted molar refractivity (Wildman–Crippen MR) is 74.9 cm³/mol. The average molecular weight is 265 g/mol. The van der Waals surface area contributed by atoms with E-state index in [1.54, 1.807) is 0 Å². The maximum Gasteiger partial charge on any atom is 0.251 e. The SMILES string of the molecule is O=C([C@@H]1CCCO1)N1CCC[C@@H]1CC1CCCCC1. The quantitative estimate of drug-likeness (QED) is 0.784. The second-order valence-corrected chi connectivity index (χ2v) is 6.57. The molecule has 0 aromatic carbocycles. The van der Waals surface area contributed by atoms with Crippen LogP contribution in [0.15, 0.2) is 0 Å². The summed E-state index contributed by atoms with van der Waals surface area (Å²) in [6.07, 6.45) is 12.5. The van der Waals surface area contributed by atoms with Crippen LogP contribution in [0.25, 0.3) is 0 Å². The Morgan fingerprint density at radius 1 is 1.00 bits per heavy atom. The lowest BCUT2D eigenvalue weighted by molar-refractivity contribution is -0.142. The number of carbonyl (C=O) groups is 1. The molecule has 1 amide bonds. The smallest absolute Gasteiger partial charge is 0.251 e. The Kier molecular flexibility index (Phi) is 4.42. The van der Waals surface area contributed by atoms with Crippen LogP contribution in [0.3, 0.4) is 0 Å². The van der Waals surface area contributed by atoms with Gasteiger partial charge in [0, 0.05) is 19.2 Å². The van der Waals surface area contributed by atoms with Crippen molar-refractivity contribution in [2.75, 3.05) is 13.2 Å². The summed E-state index contributed by atoms with van der Waals surface area (Å²) in [4.78, 5) is 14.7. The van der Waals surface area contributed by atoms with E-state index in [-0.39, 0.29) is 12.0 Å². The van der Waals surface area contributed by atoms with Crippen molar-refractivity contribution in [1.82, 2.24) is 4.90 Å². The van der Waals surface area contributed by atoms with Gasteiger partial charge in [-0.05, 0) is 38.0 Å². The molecule has 0 unspecified atom stereocenters. The lowest BCUT2D eigenvalue weighted by Gasteiger charge is -2.31. The molecule has 0 spiro atoms. The third-order valence-corrected chi connectivity index (χ3v) is 5.20. The van der Waals surface area contributed by atoms with Gasteiger partial charge in [0.15, 0.2) is 0 Å². The number of nitrogens with zero attached hydrogens (tertiary/aromatic N) is 1. The molecule has 19 heavy (non-hydrogen) atoms. The van der Waals surface area contributed by atoms with E-state index in [9.17, 15) is 4.79 Å². The first-order chi connectivity index (χ1) is 9.34. The van der Waals surface area contributed by atoms with Gasteiger partial charge in [-0.2, -0.15) is 0 Å². The van der Waals surface area contributed by atoms with Crippen LogP contribution in [0.2, 0.25) is 0 Å². The van der Waals surface area contributed by atoms with E-state index in [4.69, 9.17) is 4.74 Å². The highest BCUT2D eigenvalue weighted by Gasteiger charge is 2.36. The van der Waals surface area contributed by atoms with Crippen LogP contribution in [0.4, 0.5) is 0 Å². The molecule has 3 nitrogen and oxygen atoms in total. The van der Waals surface area contributed by atoms with Gasteiger partial charge in [0.1, 0.15) is 6.10 Å². The fraction of sp³-hybridized carbons (Fsp3) is 0.938. The number of carbonyl (C=O) groups excluding carboxylic acids is 1. The van der Waals surface area contributed by atoms with Crippen molar-refractivity contribution in [2.45, 2.75) is 76.4 Å². The molecular weight excluding hydrogens is 238 g/mol. The van der Waals surface area contributed by atoms with Crippen LogP contribution >= 0.6 is 0 Å². The summed E-state index contributed by atoms with van der Waals surface area (Å²) in [6, 6.07) is 0.514. The molecule has 108 valence electrons. The van der Waals surface area contributed by atoms with E-state index >= 15 is 0 Å². The molecule has 3 rings (SSSR count). The van der Waals surface area contributed by atoms with E-state index in [1.165, 1.54) is 51.4 Å². The molecule has 0 aromatic heterocycles. The molecule has 2 saturated heterocycles. The van der Waals surface area contributed by atoms with Gasteiger partial charge < -0.3 is 9.64 Å². The normalized spacial score (nSPS) is 32.9. The zero-order valence-electron chi connectivity index (χ0n) is 12.0. The van der Waals surface area contributed by atoms with Gasteiger partial charge in [-0.15, -0.1) is 0 Å². The third-order valence-electron chi connectivity index (χ3n) is 5.20. The molecule has 3 fully saturated rings. The Hall–Kier alpha value is -0.570. The zero-order valence-corrected chi connectivity index (χ0v) is 12.0. The van der Waals surface area contributed by atoms with Crippen molar-refractivity contribution >= 4 is 5.91 Å². The van der Waals surface area contributed by atoms with Crippen LogP contribution in [-0.2, 0) is 9.53 Å². The summed E-state index contributed by atoms with van der Waals surface area (Å²) in [5, 5.41) is 0. The fourth-order valence-electron chi connectivity index (χ4n) is 4.14. The minimum atomic E-state index is -0.119. The van der Waals surface area contributed by atoms with E-state index in [2.05, 4.69) is 4.90 Å². The number of amides is 1. The second-order valence-electron chi connectivity index (χ2n) is 6.57. The molecule has 3 heteroatoms. The summed E-state index contributed by atoms with van der Waals surface area (Å²) in [6.45, 7) is 1.74. The van der Waals surface area contributed by atoms with Crippen molar-refractivity contribution in [3.63, 3.8) is 0 Å². The highest BCUT2D eigenvalue weighted by Crippen LogP contribution is 2.32. The minimum absolute atomic E-state index is 0.119. The Labute approximate surface area is 116 Å². The summed E-state index contributed by atoms with van der Waals surface area (Å²) in [5.41, 5.74) is 0. The number of hydrogen-bond donors (Lipinski definition) is 0. The topological polar surface area (TPSA) is 29.5 Å². The molecule has 2 atom stereocenters. The van der Waals surface area contributed by atoms with Crippen molar-refractivity contribution < 1.29 is 9.53 Å². The second kappa shape index (κ2) is 6.25. The van der Waals surface area contributed by atoms with Crippen molar-refractivity contribution in [3.05, 3.63) is 0 Å². The summed E-state index contributed by atoms with van der Waals surface area (Å²) < 4.78 is 5.57. The number of rotatable bonds is 3. The number of ether oxygens (including phenoxy) is 1. The van der Waals surface area contributed by atoms with Crippen molar-refractivity contribution in [1.29, 1.82) is 0 Å². The first-order valence-electron chi connectivity index (χ1n) is 8.26. The summed E-state index contributed by atoms with van der Waals surface area (Å²) in [5.74, 6) is 1.16. The predicted octanol–water partition coefficient (Wildman–Crippen LogP) is 3.13. The van der Waals surface area contributed by atoms with E-state index in [0.717, 1.165) is 31.9 Å². The number of hydrogen-bond acceptors (Lipinski definition) is 2. The maximum absolute atomic E-state index is 12.5. The standard InChI is InChI=1S/C16H27NO2/c18-16(15-9-5-11-19-15)17-10-4-8-14(17)12-13-6-2-1-3-7-13/h13-15H,1-12H2/t14-,15+/m1/s1. The molecular formula is C16H27NO2. The van der Waals surface area contributed by atoms with Crippen molar-refractivity contribution in [3.8, 4) is 0 Å². The van der Waals surface area contributed by atoms with E-state index in [1.807, 2.05) is 0 Å². The van der Waals surface area contributed by atoms with Gasteiger partial charge in [-0.3, -0.25) is 4.79 Å². The molecule has 0 aromatic rings. The average Bonchev–Trinajstić information content (AvgIpc) is 3.10. The Balaban J connectivity index is 1.55. The van der Waals surface area contributed by atoms with E-state index in [0.29, 0.717) is 6.04 Å². The van der Waals surface area contributed by atoms with Gasteiger partial charge in [-0.1, -0.05) is 32.1 Å². The van der Waals surface area contributed by atoms with Gasteiger partial charge in [0.2, 0.25) is 0 Å². The van der Waals surface area contributed by atoms with Gasteiger partial charge in [0.05, 0.1) is 0 Å². The van der Waals surface area contributed by atoms with Gasteiger partial charge >= 0.3 is 0 Å². The minimum Gasteiger partial charge on any atom is -0.368 e. The molecule has 0 radical (unpaired) electrons. The Morgan fingerprint density at radius 3 is 2.58 bits per heavy atom. The van der Waals surface area contributed by atoms with Crippen molar-refractivity contribution in [2.24, 2.45) is 5.92 Å². The van der Waals surface area contributed by atoms with Gasteiger partial charge in [0.25, 0.3) is 5.91 Å². The largest absolute Gasteiger partial charge is 0.368 e. The summed E-state index contributed by atoms with van der Waals surface area (Å²) >= 11 is 0. The van der Waals surface area contributed by atoms with Crippen LogP contribution in [0.1, 0.15) is 64.2 Å². The highest BCUT2D eigenvalue weighted by atomic mass is 16.5. The van der Waals surface area contributed by atoms with Crippen LogP contribution in [0.5, 0.6) is 0 Å². The maximum atomic E-state index is 12.5. The van der Waals surface area contributed by atoms with Crippen LogP contribution < -0.4 is 0 Å². The molecule has 0 bridgehead atoms. The number of likely N-dealkylation sites (tertiary alicyclic amines) is 1. The zero-order chi connectivity index (χ0) is 13.1. The molecule has 0 N–H and O–H groups in total. The van der Waals surface area contributed by atoms with Crippen LogP contribution in [-0.4, -0.2) is 36.1 Å². The van der Waals surface area contributed by atoms with Gasteiger partial charge in [-0.25, -0.2) is 0 Å². The monoisotopic (exact) mass is 265 g/mol. The molecule has 2 heterocycles. The first-order valence-corrected chi connectivity index (χ1v) is 8.26. The molecule has 2 aliphatic heterocycles. The Bertz CT molecular complexity index is 306. The molecule has 3 aliphatic rings.